The Morgan fingerprint density at radius 3 is 2.62 bits per heavy atom. The molecule has 1 heterocycles. The first-order valence-electron chi connectivity index (χ1n) is 7.08. The molecule has 114 valence electrons. The Kier molecular flexibility index (Phi) is 5.27. The minimum absolute atomic E-state index is 0.0679. The number of halogens is 2. The molecule has 4 nitrogen and oxygen atoms in total. The summed E-state index contributed by atoms with van der Waals surface area (Å²) in [5.41, 5.74) is 0.663. The summed E-state index contributed by atoms with van der Waals surface area (Å²) in [5.74, 6) is -0.170. The maximum absolute atomic E-state index is 12.7. The third-order valence-electron chi connectivity index (χ3n) is 3.61. The molecule has 0 aromatic heterocycles. The largest absolute Gasteiger partial charge is 0.342 e. The summed E-state index contributed by atoms with van der Waals surface area (Å²) in [6.45, 7) is 3.89. The summed E-state index contributed by atoms with van der Waals surface area (Å²) in [4.78, 5) is 26.5. The quantitative estimate of drug-likeness (QED) is 0.878. The number of hydrogen-bond donors (Lipinski definition) is 1. The van der Waals surface area contributed by atoms with Crippen molar-refractivity contribution in [1.29, 1.82) is 0 Å². The summed E-state index contributed by atoms with van der Waals surface area (Å²) >= 11 is 9.45. The number of rotatable bonds is 4. The lowest BCUT2D eigenvalue weighted by atomic mass is 10.0. The zero-order valence-electron chi connectivity index (χ0n) is 12.0. The van der Waals surface area contributed by atoms with E-state index < -0.39 is 12.1 Å². The molecule has 2 rings (SSSR count). The van der Waals surface area contributed by atoms with E-state index >= 15 is 0 Å². The topological polar surface area (TPSA) is 49.4 Å². The SMILES string of the molecule is CCCC1NC(=O)C(CC)N(c2ccc(Br)c(Cl)c2)C1=O. The van der Waals surface area contributed by atoms with Gasteiger partial charge in [-0.25, -0.2) is 0 Å². The van der Waals surface area contributed by atoms with Crippen LogP contribution in [0, 0.1) is 0 Å². The van der Waals surface area contributed by atoms with Crippen LogP contribution in [0.4, 0.5) is 5.69 Å². The van der Waals surface area contributed by atoms with E-state index in [0.29, 0.717) is 23.6 Å². The van der Waals surface area contributed by atoms with E-state index in [-0.39, 0.29) is 11.8 Å². The predicted molar refractivity (Wildman–Crippen MR) is 87.6 cm³/mol. The normalized spacial score (nSPS) is 22.4. The molecule has 0 spiro atoms. The fourth-order valence-electron chi connectivity index (χ4n) is 2.56. The van der Waals surface area contributed by atoms with Gasteiger partial charge in [-0.05, 0) is 47.0 Å². The summed E-state index contributed by atoms with van der Waals surface area (Å²) in [5, 5.41) is 3.34. The van der Waals surface area contributed by atoms with Gasteiger partial charge in [-0.1, -0.05) is 31.9 Å². The third-order valence-corrected chi connectivity index (χ3v) is 4.84. The lowest BCUT2D eigenvalue weighted by Gasteiger charge is -2.38. The van der Waals surface area contributed by atoms with Gasteiger partial charge in [-0.15, -0.1) is 0 Å². The summed E-state index contributed by atoms with van der Waals surface area (Å²) in [7, 11) is 0. The van der Waals surface area contributed by atoms with Gasteiger partial charge < -0.3 is 5.32 Å². The Balaban J connectivity index is 2.41. The molecule has 21 heavy (non-hydrogen) atoms. The van der Waals surface area contributed by atoms with Gasteiger partial charge >= 0.3 is 0 Å². The molecule has 0 radical (unpaired) electrons. The van der Waals surface area contributed by atoms with E-state index in [4.69, 9.17) is 11.6 Å². The van der Waals surface area contributed by atoms with Crippen molar-refractivity contribution in [3.05, 3.63) is 27.7 Å². The molecule has 1 aliphatic rings. The van der Waals surface area contributed by atoms with Gasteiger partial charge in [0.15, 0.2) is 0 Å². The molecule has 2 unspecified atom stereocenters. The Bertz CT molecular complexity index is 565. The van der Waals surface area contributed by atoms with Crippen LogP contribution >= 0.6 is 27.5 Å². The zero-order valence-corrected chi connectivity index (χ0v) is 14.4. The van der Waals surface area contributed by atoms with Crippen molar-refractivity contribution >= 4 is 45.0 Å². The number of piperazine rings is 1. The first-order chi connectivity index (χ1) is 9.99. The van der Waals surface area contributed by atoms with Crippen molar-refractivity contribution in [2.75, 3.05) is 4.90 Å². The van der Waals surface area contributed by atoms with Gasteiger partial charge in [-0.2, -0.15) is 0 Å². The van der Waals surface area contributed by atoms with Crippen molar-refractivity contribution in [1.82, 2.24) is 5.32 Å². The fourth-order valence-corrected chi connectivity index (χ4v) is 2.98. The highest BCUT2D eigenvalue weighted by molar-refractivity contribution is 9.10. The fraction of sp³-hybridized carbons (Fsp3) is 0.467. The zero-order chi connectivity index (χ0) is 15.6. The first kappa shape index (κ1) is 16.3. The number of carbonyl (C=O) groups excluding carboxylic acids is 2. The van der Waals surface area contributed by atoms with Crippen LogP contribution in [-0.4, -0.2) is 23.9 Å². The van der Waals surface area contributed by atoms with Crippen LogP contribution in [-0.2, 0) is 9.59 Å². The minimum atomic E-state index is -0.483. The number of nitrogens with one attached hydrogen (secondary N) is 1. The highest BCUT2D eigenvalue weighted by atomic mass is 79.9. The van der Waals surface area contributed by atoms with E-state index in [9.17, 15) is 9.59 Å². The molecule has 2 atom stereocenters. The highest BCUT2D eigenvalue weighted by Crippen LogP contribution is 2.31. The third kappa shape index (κ3) is 3.24. The maximum atomic E-state index is 12.7. The van der Waals surface area contributed by atoms with Crippen LogP contribution in [0.2, 0.25) is 5.02 Å². The highest BCUT2D eigenvalue weighted by Gasteiger charge is 2.40. The second kappa shape index (κ2) is 6.79. The average Bonchev–Trinajstić information content (AvgIpc) is 2.45. The number of amides is 2. The molecule has 1 aromatic carbocycles. The Hall–Kier alpha value is -1.07. The van der Waals surface area contributed by atoms with E-state index in [2.05, 4.69) is 21.2 Å². The molecule has 0 bridgehead atoms. The van der Waals surface area contributed by atoms with Crippen molar-refractivity contribution in [3.63, 3.8) is 0 Å². The number of nitrogens with zero attached hydrogens (tertiary/aromatic N) is 1. The smallest absolute Gasteiger partial charge is 0.250 e. The Morgan fingerprint density at radius 1 is 1.33 bits per heavy atom. The van der Waals surface area contributed by atoms with Crippen molar-refractivity contribution in [2.45, 2.75) is 45.2 Å². The van der Waals surface area contributed by atoms with Crippen LogP contribution in [0.5, 0.6) is 0 Å². The Morgan fingerprint density at radius 2 is 2.05 bits per heavy atom. The standard InChI is InChI=1S/C15H18BrClN2O2/c1-3-5-12-15(21)19(13(4-2)14(20)18-12)9-6-7-10(16)11(17)8-9/h6-8,12-13H,3-5H2,1-2H3,(H,18,20). The lowest BCUT2D eigenvalue weighted by molar-refractivity contribution is -0.134. The van der Waals surface area contributed by atoms with Gasteiger partial charge in [0.1, 0.15) is 12.1 Å². The van der Waals surface area contributed by atoms with E-state index in [1.165, 1.54) is 0 Å². The van der Waals surface area contributed by atoms with E-state index in [1.54, 1.807) is 23.1 Å². The van der Waals surface area contributed by atoms with Crippen LogP contribution in [0.1, 0.15) is 33.1 Å². The summed E-state index contributed by atoms with van der Waals surface area (Å²) in [6.07, 6.45) is 2.04. The average molecular weight is 374 g/mol. The first-order valence-corrected chi connectivity index (χ1v) is 8.25. The van der Waals surface area contributed by atoms with E-state index in [0.717, 1.165) is 10.9 Å². The maximum Gasteiger partial charge on any atom is 0.250 e. The molecule has 1 aliphatic heterocycles. The van der Waals surface area contributed by atoms with Gasteiger partial charge in [0.25, 0.3) is 0 Å². The van der Waals surface area contributed by atoms with Gasteiger partial charge in [-0.3, -0.25) is 14.5 Å². The van der Waals surface area contributed by atoms with Crippen molar-refractivity contribution < 1.29 is 9.59 Å². The molecule has 6 heteroatoms. The monoisotopic (exact) mass is 372 g/mol. The van der Waals surface area contributed by atoms with Crippen LogP contribution in [0.3, 0.4) is 0 Å². The van der Waals surface area contributed by atoms with Gasteiger partial charge in [0.2, 0.25) is 11.8 Å². The molecule has 0 saturated carbocycles. The number of benzene rings is 1. The molecule has 2 amide bonds. The van der Waals surface area contributed by atoms with Crippen LogP contribution in [0.15, 0.2) is 22.7 Å². The van der Waals surface area contributed by atoms with Crippen molar-refractivity contribution in [3.8, 4) is 0 Å². The predicted octanol–water partition coefficient (Wildman–Crippen LogP) is 3.51. The second-order valence-corrected chi connectivity index (χ2v) is 6.34. The Labute approximate surface area is 138 Å². The molecule has 1 N–H and O–H groups in total. The van der Waals surface area contributed by atoms with Crippen LogP contribution < -0.4 is 10.2 Å². The lowest BCUT2D eigenvalue weighted by Crippen LogP contribution is -2.63. The molecule has 1 fully saturated rings. The second-order valence-electron chi connectivity index (χ2n) is 5.08. The summed E-state index contributed by atoms with van der Waals surface area (Å²) in [6, 6.07) is 4.38. The minimum Gasteiger partial charge on any atom is -0.342 e. The molecular weight excluding hydrogens is 356 g/mol. The van der Waals surface area contributed by atoms with Crippen LogP contribution in [0.25, 0.3) is 0 Å². The van der Waals surface area contributed by atoms with Crippen molar-refractivity contribution in [2.24, 2.45) is 0 Å². The van der Waals surface area contributed by atoms with E-state index in [1.807, 2.05) is 13.8 Å². The molecule has 0 aliphatic carbocycles. The van der Waals surface area contributed by atoms with Gasteiger partial charge in [0.05, 0.1) is 5.02 Å². The molecule has 1 saturated heterocycles. The number of hydrogen-bond acceptors (Lipinski definition) is 2. The number of carbonyl (C=O) groups is 2. The molecular formula is C15H18BrClN2O2. The molecule has 1 aromatic rings. The number of anilines is 1. The van der Waals surface area contributed by atoms with Gasteiger partial charge in [0, 0.05) is 10.2 Å². The summed E-state index contributed by atoms with van der Waals surface area (Å²) < 4.78 is 0.764.